The lowest BCUT2D eigenvalue weighted by molar-refractivity contribution is 0.410. The van der Waals surface area contributed by atoms with Gasteiger partial charge in [-0.15, -0.1) is 5.10 Å². The SMILES string of the molecule is Cc1cccnc1Nc1ncc(-c2cnc3ccc(NC4CCC(N)CC4)nn23)cn1. The molecule has 1 aliphatic rings. The average Bonchev–Trinajstić information content (AvgIpc) is 3.21. The lowest BCUT2D eigenvalue weighted by atomic mass is 9.92. The van der Waals surface area contributed by atoms with Crippen LogP contribution in [-0.2, 0) is 0 Å². The highest BCUT2D eigenvalue weighted by Gasteiger charge is 2.19. The van der Waals surface area contributed by atoms with Gasteiger partial charge in [-0.05, 0) is 56.4 Å². The van der Waals surface area contributed by atoms with Crippen molar-refractivity contribution in [2.24, 2.45) is 5.73 Å². The van der Waals surface area contributed by atoms with E-state index in [9.17, 15) is 0 Å². The number of hydrogen-bond acceptors (Lipinski definition) is 8. The van der Waals surface area contributed by atoms with Gasteiger partial charge in [-0.1, -0.05) is 6.07 Å². The minimum Gasteiger partial charge on any atom is -0.366 e. The van der Waals surface area contributed by atoms with Gasteiger partial charge >= 0.3 is 0 Å². The van der Waals surface area contributed by atoms with Crippen LogP contribution < -0.4 is 16.4 Å². The summed E-state index contributed by atoms with van der Waals surface area (Å²) in [6.45, 7) is 1.99. The number of imidazole rings is 1. The van der Waals surface area contributed by atoms with Crippen LogP contribution in [-0.4, -0.2) is 41.6 Å². The van der Waals surface area contributed by atoms with E-state index < -0.39 is 0 Å². The number of fused-ring (bicyclic) bond motifs is 1. The summed E-state index contributed by atoms with van der Waals surface area (Å²) in [5.41, 5.74) is 9.50. The molecule has 1 fully saturated rings. The molecule has 5 rings (SSSR count). The van der Waals surface area contributed by atoms with Crippen molar-refractivity contribution in [2.45, 2.75) is 44.7 Å². The molecule has 0 spiro atoms. The molecule has 4 heterocycles. The smallest absolute Gasteiger partial charge is 0.228 e. The molecule has 0 radical (unpaired) electrons. The third kappa shape index (κ3) is 4.17. The minimum atomic E-state index is 0.327. The number of nitrogens with zero attached hydrogens (tertiary/aromatic N) is 6. The summed E-state index contributed by atoms with van der Waals surface area (Å²) >= 11 is 0. The largest absolute Gasteiger partial charge is 0.366 e. The standard InChI is InChI=1S/C22H25N9/c1-14-3-2-10-24-21(14)29-22-26-11-15(12-27-22)18-13-25-20-9-8-19(30-31(18)20)28-17-6-4-16(23)5-7-17/h2-3,8-13,16-17H,4-7,23H2,1H3,(H,28,30)(H,24,26,27,29). The molecule has 1 saturated carbocycles. The third-order valence-corrected chi connectivity index (χ3v) is 5.67. The molecule has 4 N–H and O–H groups in total. The first-order valence-electron chi connectivity index (χ1n) is 10.5. The van der Waals surface area contributed by atoms with Gasteiger partial charge in [-0.2, -0.15) is 0 Å². The minimum absolute atomic E-state index is 0.327. The fourth-order valence-electron chi connectivity index (χ4n) is 3.87. The van der Waals surface area contributed by atoms with E-state index >= 15 is 0 Å². The average molecular weight is 416 g/mol. The summed E-state index contributed by atoms with van der Waals surface area (Å²) in [6.07, 6.45) is 11.3. The van der Waals surface area contributed by atoms with E-state index in [1.165, 1.54) is 0 Å². The van der Waals surface area contributed by atoms with Gasteiger partial charge in [0.1, 0.15) is 11.6 Å². The molecule has 0 unspecified atom stereocenters. The molecule has 1 aliphatic carbocycles. The van der Waals surface area contributed by atoms with Crippen LogP contribution in [0.25, 0.3) is 16.9 Å². The summed E-state index contributed by atoms with van der Waals surface area (Å²) in [5, 5.41) is 11.4. The van der Waals surface area contributed by atoms with Crippen LogP contribution in [0.15, 0.2) is 49.1 Å². The van der Waals surface area contributed by atoms with Gasteiger partial charge in [0, 0.05) is 36.2 Å². The lowest BCUT2D eigenvalue weighted by Gasteiger charge is -2.27. The highest BCUT2D eigenvalue weighted by molar-refractivity contribution is 5.63. The van der Waals surface area contributed by atoms with Crippen LogP contribution in [0.3, 0.4) is 0 Å². The summed E-state index contributed by atoms with van der Waals surface area (Å²) in [6, 6.07) is 8.55. The van der Waals surface area contributed by atoms with Gasteiger partial charge in [0.05, 0.1) is 11.9 Å². The molecule has 0 aromatic carbocycles. The highest BCUT2D eigenvalue weighted by atomic mass is 15.3. The van der Waals surface area contributed by atoms with Crippen molar-refractivity contribution < 1.29 is 0 Å². The van der Waals surface area contributed by atoms with Gasteiger partial charge < -0.3 is 16.4 Å². The van der Waals surface area contributed by atoms with Crippen molar-refractivity contribution in [3.8, 4) is 11.3 Å². The van der Waals surface area contributed by atoms with Crippen molar-refractivity contribution >= 4 is 23.2 Å². The Morgan fingerprint density at radius 2 is 1.77 bits per heavy atom. The molecule has 0 aliphatic heterocycles. The second kappa shape index (κ2) is 8.27. The number of anilines is 3. The van der Waals surface area contributed by atoms with Crippen molar-refractivity contribution in [1.82, 2.24) is 29.5 Å². The number of hydrogen-bond donors (Lipinski definition) is 3. The van der Waals surface area contributed by atoms with E-state index in [1.807, 2.05) is 35.7 Å². The summed E-state index contributed by atoms with van der Waals surface area (Å²) in [4.78, 5) is 17.7. The maximum atomic E-state index is 6.02. The number of nitrogens with one attached hydrogen (secondary N) is 2. The molecular formula is C22H25N9. The van der Waals surface area contributed by atoms with E-state index in [4.69, 9.17) is 10.8 Å². The first kappa shape index (κ1) is 19.4. The van der Waals surface area contributed by atoms with Crippen molar-refractivity contribution in [2.75, 3.05) is 10.6 Å². The molecule has 158 valence electrons. The van der Waals surface area contributed by atoms with Crippen LogP contribution in [0.4, 0.5) is 17.6 Å². The topological polar surface area (TPSA) is 119 Å². The van der Waals surface area contributed by atoms with Gasteiger partial charge in [0.2, 0.25) is 5.95 Å². The Morgan fingerprint density at radius 1 is 0.968 bits per heavy atom. The highest BCUT2D eigenvalue weighted by Crippen LogP contribution is 2.23. The zero-order valence-corrected chi connectivity index (χ0v) is 17.4. The van der Waals surface area contributed by atoms with Crippen LogP contribution >= 0.6 is 0 Å². The summed E-state index contributed by atoms with van der Waals surface area (Å²) in [5.74, 6) is 2.06. The number of nitrogens with two attached hydrogens (primary N) is 1. The Morgan fingerprint density at radius 3 is 2.55 bits per heavy atom. The molecule has 9 nitrogen and oxygen atoms in total. The molecule has 9 heteroatoms. The molecule has 4 aromatic rings. The Balaban J connectivity index is 1.36. The Hall–Kier alpha value is -3.59. The number of rotatable bonds is 5. The van der Waals surface area contributed by atoms with Crippen LogP contribution in [0.2, 0.25) is 0 Å². The summed E-state index contributed by atoms with van der Waals surface area (Å²) in [7, 11) is 0. The first-order chi connectivity index (χ1) is 15.2. The van der Waals surface area contributed by atoms with Crippen LogP contribution in [0.1, 0.15) is 31.2 Å². The maximum Gasteiger partial charge on any atom is 0.228 e. The van der Waals surface area contributed by atoms with Crippen molar-refractivity contribution in [1.29, 1.82) is 0 Å². The quantitative estimate of drug-likeness (QED) is 0.454. The monoisotopic (exact) mass is 415 g/mol. The van der Waals surface area contributed by atoms with E-state index in [2.05, 4.69) is 30.6 Å². The normalized spacial score (nSPS) is 18.8. The van der Waals surface area contributed by atoms with Crippen molar-refractivity contribution in [3.63, 3.8) is 0 Å². The molecule has 0 bridgehead atoms. The second-order valence-corrected chi connectivity index (χ2v) is 7.98. The lowest BCUT2D eigenvalue weighted by Crippen LogP contribution is -2.33. The van der Waals surface area contributed by atoms with Crippen LogP contribution in [0, 0.1) is 6.92 Å². The molecule has 31 heavy (non-hydrogen) atoms. The number of aromatic nitrogens is 6. The maximum absolute atomic E-state index is 6.02. The van der Waals surface area contributed by atoms with E-state index in [1.54, 1.807) is 24.8 Å². The number of pyridine rings is 1. The molecule has 0 amide bonds. The van der Waals surface area contributed by atoms with Gasteiger partial charge in [-0.25, -0.2) is 24.5 Å². The van der Waals surface area contributed by atoms with E-state index in [0.717, 1.165) is 59.8 Å². The molecule has 0 atom stereocenters. The Bertz CT molecular complexity index is 1180. The van der Waals surface area contributed by atoms with Gasteiger partial charge in [-0.3, -0.25) is 0 Å². The van der Waals surface area contributed by atoms with Gasteiger partial charge in [0.15, 0.2) is 5.65 Å². The molecule has 4 aromatic heterocycles. The van der Waals surface area contributed by atoms with Crippen LogP contribution in [0.5, 0.6) is 0 Å². The predicted molar refractivity (Wildman–Crippen MR) is 120 cm³/mol. The van der Waals surface area contributed by atoms with E-state index in [0.29, 0.717) is 18.0 Å². The zero-order valence-electron chi connectivity index (χ0n) is 17.4. The first-order valence-corrected chi connectivity index (χ1v) is 10.5. The summed E-state index contributed by atoms with van der Waals surface area (Å²) < 4.78 is 1.82. The predicted octanol–water partition coefficient (Wildman–Crippen LogP) is 3.32. The van der Waals surface area contributed by atoms with Crippen molar-refractivity contribution in [3.05, 3.63) is 54.6 Å². The fraction of sp³-hybridized carbons (Fsp3) is 0.318. The van der Waals surface area contributed by atoms with Gasteiger partial charge in [0.25, 0.3) is 0 Å². The molecule has 0 saturated heterocycles. The Kier molecular flexibility index (Phi) is 5.17. The van der Waals surface area contributed by atoms with E-state index in [-0.39, 0.29) is 0 Å². The molecular weight excluding hydrogens is 390 g/mol. The number of aryl methyl sites for hydroxylation is 1. The third-order valence-electron chi connectivity index (χ3n) is 5.67. The second-order valence-electron chi connectivity index (χ2n) is 7.98. The Labute approximate surface area is 180 Å². The fourth-order valence-corrected chi connectivity index (χ4v) is 3.87. The zero-order chi connectivity index (χ0) is 21.2.